The highest BCUT2D eigenvalue weighted by Gasteiger charge is 2.20. The number of amides is 1. The predicted molar refractivity (Wildman–Crippen MR) is 136 cm³/mol. The molecule has 0 bridgehead atoms. The molecule has 0 unspecified atom stereocenters. The Morgan fingerprint density at radius 1 is 0.972 bits per heavy atom. The first-order valence-corrected chi connectivity index (χ1v) is 11.8. The third-order valence-corrected chi connectivity index (χ3v) is 6.52. The second-order valence-electron chi connectivity index (χ2n) is 8.72. The molecular weight excluding hydrogens is 460 g/mol. The zero-order valence-corrected chi connectivity index (χ0v) is 20.5. The standard InChI is InChI=1S/C27H28N4O5/c1-34-22-14-19(15-23(35-2)25(22)36-3)28-26(32)18-10-8-17(9-11-18)16-30-12-13-31-24(27(30)33)20-6-4-5-7-21(20)29-31/h8-15H,4-7,16H2,1-3H3,(H,28,32). The Kier molecular flexibility index (Phi) is 6.37. The maximum absolute atomic E-state index is 13.2. The number of nitrogens with zero attached hydrogens (tertiary/aromatic N) is 3. The highest BCUT2D eigenvalue weighted by atomic mass is 16.5. The predicted octanol–water partition coefficient (Wildman–Crippen LogP) is 3.70. The normalized spacial score (nSPS) is 12.8. The summed E-state index contributed by atoms with van der Waals surface area (Å²) < 4.78 is 19.4. The highest BCUT2D eigenvalue weighted by Crippen LogP contribution is 2.40. The average molecular weight is 489 g/mol. The van der Waals surface area contributed by atoms with Crippen LogP contribution in [0.3, 0.4) is 0 Å². The Labute approximate surface area is 208 Å². The largest absolute Gasteiger partial charge is 0.493 e. The minimum absolute atomic E-state index is 0.0441. The molecule has 2 heterocycles. The van der Waals surface area contributed by atoms with Crippen LogP contribution >= 0.6 is 0 Å². The van der Waals surface area contributed by atoms with Gasteiger partial charge in [0.1, 0.15) is 5.52 Å². The molecule has 0 saturated carbocycles. The molecule has 9 heteroatoms. The Balaban J connectivity index is 1.34. The number of anilines is 1. The van der Waals surface area contributed by atoms with Crippen molar-refractivity contribution in [3.05, 3.63) is 81.5 Å². The molecule has 1 amide bonds. The van der Waals surface area contributed by atoms with Crippen molar-refractivity contribution in [2.45, 2.75) is 32.2 Å². The number of methoxy groups -OCH3 is 3. The van der Waals surface area contributed by atoms with Crippen LogP contribution in [0, 0.1) is 0 Å². The maximum atomic E-state index is 13.2. The fourth-order valence-corrected chi connectivity index (χ4v) is 4.69. The Morgan fingerprint density at radius 3 is 2.33 bits per heavy atom. The van der Waals surface area contributed by atoms with Crippen molar-refractivity contribution < 1.29 is 19.0 Å². The summed E-state index contributed by atoms with van der Waals surface area (Å²) in [6, 6.07) is 10.5. The number of nitrogens with one attached hydrogen (secondary N) is 1. The molecule has 5 rings (SSSR count). The van der Waals surface area contributed by atoms with Gasteiger partial charge in [0.15, 0.2) is 11.5 Å². The van der Waals surface area contributed by atoms with Gasteiger partial charge < -0.3 is 24.1 Å². The third-order valence-electron chi connectivity index (χ3n) is 6.52. The molecule has 9 nitrogen and oxygen atoms in total. The van der Waals surface area contributed by atoms with Crippen molar-refractivity contribution >= 4 is 17.1 Å². The Bertz CT molecular complexity index is 1460. The summed E-state index contributed by atoms with van der Waals surface area (Å²) >= 11 is 0. The van der Waals surface area contributed by atoms with Gasteiger partial charge in [-0.05, 0) is 43.4 Å². The molecule has 0 fully saturated rings. The molecule has 1 N–H and O–H groups in total. The van der Waals surface area contributed by atoms with Crippen molar-refractivity contribution in [1.82, 2.24) is 14.2 Å². The van der Waals surface area contributed by atoms with Gasteiger partial charge in [-0.3, -0.25) is 9.59 Å². The van der Waals surface area contributed by atoms with E-state index in [9.17, 15) is 9.59 Å². The van der Waals surface area contributed by atoms with Crippen LogP contribution in [-0.4, -0.2) is 41.4 Å². The monoisotopic (exact) mass is 488 g/mol. The van der Waals surface area contributed by atoms with E-state index in [0.717, 1.165) is 42.5 Å². The topological polar surface area (TPSA) is 96.1 Å². The van der Waals surface area contributed by atoms with Gasteiger partial charge in [0.2, 0.25) is 5.75 Å². The summed E-state index contributed by atoms with van der Waals surface area (Å²) in [5, 5.41) is 7.46. The summed E-state index contributed by atoms with van der Waals surface area (Å²) in [5.41, 5.74) is 4.67. The average Bonchev–Trinajstić information content (AvgIpc) is 3.29. The molecule has 4 aromatic rings. The van der Waals surface area contributed by atoms with Crippen molar-refractivity contribution in [2.75, 3.05) is 26.6 Å². The van der Waals surface area contributed by atoms with Crippen LogP contribution in [0.2, 0.25) is 0 Å². The van der Waals surface area contributed by atoms with Crippen LogP contribution in [0.5, 0.6) is 17.2 Å². The summed E-state index contributed by atoms with van der Waals surface area (Å²) in [6.07, 6.45) is 7.63. The zero-order valence-electron chi connectivity index (χ0n) is 20.5. The molecule has 0 spiro atoms. The number of carbonyl (C=O) groups excluding carboxylic acids is 1. The highest BCUT2D eigenvalue weighted by molar-refractivity contribution is 6.04. The van der Waals surface area contributed by atoms with Crippen molar-refractivity contribution in [3.63, 3.8) is 0 Å². The Hall–Kier alpha value is -4.27. The number of aromatic nitrogens is 3. The van der Waals surface area contributed by atoms with E-state index in [1.807, 2.05) is 18.3 Å². The number of carbonyl (C=O) groups is 1. The second-order valence-corrected chi connectivity index (χ2v) is 8.72. The van der Waals surface area contributed by atoms with E-state index in [2.05, 4.69) is 10.4 Å². The molecule has 2 aromatic heterocycles. The van der Waals surface area contributed by atoms with Gasteiger partial charge in [-0.25, -0.2) is 4.52 Å². The van der Waals surface area contributed by atoms with E-state index in [0.29, 0.717) is 40.6 Å². The van der Waals surface area contributed by atoms with Gasteiger partial charge >= 0.3 is 0 Å². The number of ether oxygens (including phenoxy) is 3. The molecule has 1 aliphatic carbocycles. The van der Waals surface area contributed by atoms with Gasteiger partial charge in [-0.1, -0.05) is 12.1 Å². The fraction of sp³-hybridized carbons (Fsp3) is 0.296. The number of benzene rings is 2. The van der Waals surface area contributed by atoms with Gasteiger partial charge in [0, 0.05) is 41.3 Å². The summed E-state index contributed by atoms with van der Waals surface area (Å²) in [4.78, 5) is 26.1. The number of fused-ring (bicyclic) bond motifs is 3. The Morgan fingerprint density at radius 2 is 1.67 bits per heavy atom. The molecule has 186 valence electrons. The van der Waals surface area contributed by atoms with Crippen molar-refractivity contribution in [2.24, 2.45) is 0 Å². The van der Waals surface area contributed by atoms with Gasteiger partial charge in [0.05, 0.1) is 33.6 Å². The smallest absolute Gasteiger partial charge is 0.277 e. The summed E-state index contributed by atoms with van der Waals surface area (Å²) in [6.45, 7) is 0.407. The van der Waals surface area contributed by atoms with Crippen LogP contribution in [0.4, 0.5) is 5.69 Å². The van der Waals surface area contributed by atoms with E-state index in [1.54, 1.807) is 39.5 Å². The molecule has 1 aliphatic rings. The van der Waals surface area contributed by atoms with Crippen molar-refractivity contribution in [1.29, 1.82) is 0 Å². The fourth-order valence-electron chi connectivity index (χ4n) is 4.69. The first kappa shape index (κ1) is 23.5. The number of hydrogen-bond donors (Lipinski definition) is 1. The van der Waals surface area contributed by atoms with Gasteiger partial charge in [-0.2, -0.15) is 5.10 Å². The van der Waals surface area contributed by atoms with Crippen LogP contribution in [0.25, 0.3) is 5.52 Å². The zero-order chi connectivity index (χ0) is 25.2. The maximum Gasteiger partial charge on any atom is 0.277 e. The lowest BCUT2D eigenvalue weighted by Crippen LogP contribution is -2.23. The van der Waals surface area contributed by atoms with E-state index in [4.69, 9.17) is 14.2 Å². The molecule has 0 saturated heterocycles. The molecule has 2 aromatic carbocycles. The molecule has 0 aliphatic heterocycles. The minimum atomic E-state index is -0.278. The summed E-state index contributed by atoms with van der Waals surface area (Å²) in [5.74, 6) is 1.07. The lowest BCUT2D eigenvalue weighted by molar-refractivity contribution is 0.102. The molecule has 36 heavy (non-hydrogen) atoms. The minimum Gasteiger partial charge on any atom is -0.493 e. The second kappa shape index (κ2) is 9.77. The van der Waals surface area contributed by atoms with Crippen LogP contribution < -0.4 is 25.1 Å². The third kappa shape index (κ3) is 4.28. The van der Waals surface area contributed by atoms with Crippen molar-refractivity contribution in [3.8, 4) is 17.2 Å². The van der Waals surface area contributed by atoms with E-state index in [-0.39, 0.29) is 11.5 Å². The van der Waals surface area contributed by atoms with Crippen LogP contribution in [0.15, 0.2) is 53.6 Å². The van der Waals surface area contributed by atoms with E-state index in [1.165, 1.54) is 21.3 Å². The lowest BCUT2D eigenvalue weighted by atomic mass is 9.97. The first-order valence-electron chi connectivity index (χ1n) is 11.8. The van der Waals surface area contributed by atoms with Crippen LogP contribution in [0.1, 0.15) is 40.0 Å². The summed E-state index contributed by atoms with van der Waals surface area (Å²) in [7, 11) is 4.56. The number of aryl methyl sites for hydroxylation is 2. The first-order chi connectivity index (χ1) is 17.5. The van der Waals surface area contributed by atoms with E-state index < -0.39 is 0 Å². The van der Waals surface area contributed by atoms with Gasteiger partial charge in [0.25, 0.3) is 11.5 Å². The quantitative estimate of drug-likeness (QED) is 0.426. The van der Waals surface area contributed by atoms with Crippen LogP contribution in [-0.2, 0) is 19.4 Å². The SMILES string of the molecule is COc1cc(NC(=O)c2ccc(Cn3ccn4nc5c(c4c3=O)CCCC5)cc2)cc(OC)c1OC. The number of hydrogen-bond acceptors (Lipinski definition) is 6. The molecular formula is C27H28N4O5. The molecule has 0 radical (unpaired) electrons. The number of rotatable bonds is 7. The van der Waals surface area contributed by atoms with Gasteiger partial charge in [-0.15, -0.1) is 0 Å². The lowest BCUT2D eigenvalue weighted by Gasteiger charge is -2.14. The van der Waals surface area contributed by atoms with E-state index >= 15 is 0 Å². The molecule has 0 atom stereocenters.